The molecule has 1 saturated heterocycles. The minimum absolute atomic E-state index is 0.105. The summed E-state index contributed by atoms with van der Waals surface area (Å²) in [4.78, 5) is 21.8. The number of likely N-dealkylation sites (tertiary alicyclic amines) is 1. The molecular weight excluding hydrogens is 330 g/mol. The number of benzene rings is 1. The van der Waals surface area contributed by atoms with Gasteiger partial charge < -0.3 is 15.0 Å². The van der Waals surface area contributed by atoms with Crippen molar-refractivity contribution in [2.45, 2.75) is 12.8 Å². The number of ether oxygens (including phenoxy) is 1. The minimum atomic E-state index is -0.800. The van der Waals surface area contributed by atoms with E-state index in [0.29, 0.717) is 19.7 Å². The predicted octanol–water partition coefficient (Wildman–Crippen LogP) is 3.08. The zero-order chi connectivity index (χ0) is 17.6. The molecule has 6 nitrogen and oxygen atoms in total. The van der Waals surface area contributed by atoms with Crippen molar-refractivity contribution in [3.8, 4) is 6.01 Å². The molecule has 1 aliphatic rings. The summed E-state index contributed by atoms with van der Waals surface area (Å²) in [7, 11) is 0. The maximum Gasteiger partial charge on any atom is 0.322 e. The van der Waals surface area contributed by atoms with Crippen molar-refractivity contribution in [3.05, 3.63) is 48.3 Å². The summed E-state index contributed by atoms with van der Waals surface area (Å²) >= 11 is 0. The Morgan fingerprint density at radius 3 is 2.68 bits per heavy atom. The van der Waals surface area contributed by atoms with Crippen molar-refractivity contribution in [3.63, 3.8) is 0 Å². The van der Waals surface area contributed by atoms with E-state index in [9.17, 15) is 13.6 Å². The van der Waals surface area contributed by atoms with Crippen LogP contribution in [0.3, 0.4) is 0 Å². The Hall–Kier alpha value is -2.77. The van der Waals surface area contributed by atoms with E-state index in [2.05, 4.69) is 15.3 Å². The molecule has 1 fully saturated rings. The molecule has 0 aliphatic carbocycles. The number of para-hydroxylation sites is 1. The number of halogens is 2. The zero-order valence-electron chi connectivity index (χ0n) is 13.5. The molecule has 2 aromatic rings. The van der Waals surface area contributed by atoms with Crippen LogP contribution >= 0.6 is 0 Å². The average Bonchev–Trinajstić information content (AvgIpc) is 2.64. The lowest BCUT2D eigenvalue weighted by atomic mass is 9.99. The molecule has 3 rings (SSSR count). The zero-order valence-corrected chi connectivity index (χ0v) is 13.5. The second-order valence-electron chi connectivity index (χ2n) is 5.82. The third-order valence-electron chi connectivity index (χ3n) is 3.99. The molecule has 8 heteroatoms. The Balaban J connectivity index is 1.56. The van der Waals surface area contributed by atoms with Crippen LogP contribution in [0.5, 0.6) is 6.01 Å². The lowest BCUT2D eigenvalue weighted by molar-refractivity contribution is 0.140. The number of nitrogens with zero attached hydrogens (tertiary/aromatic N) is 3. The molecule has 1 N–H and O–H groups in total. The normalized spacial score (nSPS) is 17.2. The van der Waals surface area contributed by atoms with Crippen LogP contribution in [0.4, 0.5) is 19.3 Å². The fourth-order valence-electron chi connectivity index (χ4n) is 2.74. The number of amides is 2. The number of rotatable bonds is 4. The van der Waals surface area contributed by atoms with Gasteiger partial charge in [-0.3, -0.25) is 0 Å². The monoisotopic (exact) mass is 348 g/mol. The topological polar surface area (TPSA) is 67.4 Å². The first-order chi connectivity index (χ1) is 12.1. The number of carbonyl (C=O) groups excluding carboxylic acids is 1. The summed E-state index contributed by atoms with van der Waals surface area (Å²) in [5.41, 5.74) is -0.427. The maximum absolute atomic E-state index is 13.7. The second kappa shape index (κ2) is 7.87. The number of anilines is 1. The highest BCUT2D eigenvalue weighted by Gasteiger charge is 2.25. The van der Waals surface area contributed by atoms with Crippen LogP contribution in [0.2, 0.25) is 0 Å². The quantitative estimate of drug-likeness (QED) is 0.922. The van der Waals surface area contributed by atoms with E-state index in [-0.39, 0.29) is 11.9 Å². The third kappa shape index (κ3) is 4.40. The van der Waals surface area contributed by atoms with Crippen molar-refractivity contribution in [2.24, 2.45) is 5.92 Å². The molecular formula is C17H18F2N4O2. The van der Waals surface area contributed by atoms with E-state index in [1.54, 1.807) is 18.5 Å². The van der Waals surface area contributed by atoms with Gasteiger partial charge in [0.2, 0.25) is 0 Å². The van der Waals surface area contributed by atoms with Gasteiger partial charge in [0.05, 0.1) is 6.61 Å². The highest BCUT2D eigenvalue weighted by atomic mass is 19.1. The second-order valence-corrected chi connectivity index (χ2v) is 5.82. The van der Waals surface area contributed by atoms with Gasteiger partial charge in [-0.25, -0.2) is 23.5 Å². The fourth-order valence-corrected chi connectivity index (χ4v) is 2.74. The average molecular weight is 348 g/mol. The van der Waals surface area contributed by atoms with Crippen molar-refractivity contribution in [2.75, 3.05) is 25.0 Å². The van der Waals surface area contributed by atoms with Crippen LogP contribution in [0.15, 0.2) is 36.7 Å². The van der Waals surface area contributed by atoms with Gasteiger partial charge in [0, 0.05) is 31.4 Å². The molecule has 1 aromatic carbocycles. The first-order valence-electron chi connectivity index (χ1n) is 8.03. The van der Waals surface area contributed by atoms with Gasteiger partial charge in [-0.05, 0) is 31.0 Å². The minimum Gasteiger partial charge on any atom is -0.463 e. The lowest BCUT2D eigenvalue weighted by Gasteiger charge is -2.32. The maximum atomic E-state index is 13.7. The fraction of sp³-hybridized carbons (Fsp3) is 0.353. The van der Waals surface area contributed by atoms with E-state index in [4.69, 9.17) is 4.74 Å². The van der Waals surface area contributed by atoms with Gasteiger partial charge in [0.15, 0.2) is 0 Å². The summed E-state index contributed by atoms with van der Waals surface area (Å²) in [5.74, 6) is -1.49. The van der Waals surface area contributed by atoms with E-state index in [1.165, 1.54) is 11.0 Å². The van der Waals surface area contributed by atoms with Crippen LogP contribution in [-0.2, 0) is 0 Å². The van der Waals surface area contributed by atoms with Crippen LogP contribution < -0.4 is 10.1 Å². The molecule has 0 spiro atoms. The van der Waals surface area contributed by atoms with Gasteiger partial charge in [0.25, 0.3) is 0 Å². The molecule has 132 valence electrons. The van der Waals surface area contributed by atoms with Crippen LogP contribution in [-0.4, -0.2) is 40.6 Å². The molecule has 1 unspecified atom stereocenters. The van der Waals surface area contributed by atoms with Gasteiger partial charge in [-0.2, -0.15) is 0 Å². The molecule has 2 heterocycles. The van der Waals surface area contributed by atoms with Crippen molar-refractivity contribution < 1.29 is 18.3 Å². The van der Waals surface area contributed by atoms with Gasteiger partial charge >= 0.3 is 12.0 Å². The van der Waals surface area contributed by atoms with Crippen LogP contribution in [0.25, 0.3) is 0 Å². The Labute approximate surface area is 143 Å². The number of hydrogen-bond acceptors (Lipinski definition) is 4. The summed E-state index contributed by atoms with van der Waals surface area (Å²) < 4.78 is 32.8. The summed E-state index contributed by atoms with van der Waals surface area (Å²) in [6, 6.07) is 4.92. The Bertz CT molecular complexity index is 710. The van der Waals surface area contributed by atoms with Crippen LogP contribution in [0, 0.1) is 17.6 Å². The van der Waals surface area contributed by atoms with E-state index in [0.717, 1.165) is 25.0 Å². The Kier molecular flexibility index (Phi) is 5.37. The SMILES string of the molecule is O=C(Nc1c(F)cccc1F)N1CCCC(COc2ncccn2)C1. The molecule has 0 radical (unpaired) electrons. The van der Waals surface area contributed by atoms with Gasteiger partial charge in [-0.1, -0.05) is 6.07 Å². The van der Waals surface area contributed by atoms with Gasteiger partial charge in [0.1, 0.15) is 17.3 Å². The largest absolute Gasteiger partial charge is 0.463 e. The van der Waals surface area contributed by atoms with E-state index >= 15 is 0 Å². The highest BCUT2D eigenvalue weighted by molar-refractivity contribution is 5.89. The highest BCUT2D eigenvalue weighted by Crippen LogP contribution is 2.21. The Morgan fingerprint density at radius 1 is 1.24 bits per heavy atom. The van der Waals surface area contributed by atoms with Crippen LogP contribution in [0.1, 0.15) is 12.8 Å². The number of carbonyl (C=O) groups is 1. The Morgan fingerprint density at radius 2 is 1.96 bits per heavy atom. The van der Waals surface area contributed by atoms with Crippen molar-refractivity contribution in [1.29, 1.82) is 0 Å². The van der Waals surface area contributed by atoms with E-state index in [1.807, 2.05) is 0 Å². The summed E-state index contributed by atoms with van der Waals surface area (Å²) in [5, 5.41) is 2.31. The number of nitrogens with one attached hydrogen (secondary N) is 1. The van der Waals surface area contributed by atoms with E-state index < -0.39 is 23.4 Å². The number of piperidine rings is 1. The lowest BCUT2D eigenvalue weighted by Crippen LogP contribution is -2.44. The molecule has 1 aromatic heterocycles. The van der Waals surface area contributed by atoms with Crippen molar-refractivity contribution >= 4 is 11.7 Å². The number of hydrogen-bond donors (Lipinski definition) is 1. The molecule has 0 saturated carbocycles. The smallest absolute Gasteiger partial charge is 0.322 e. The van der Waals surface area contributed by atoms with Crippen molar-refractivity contribution in [1.82, 2.24) is 14.9 Å². The molecule has 1 atom stereocenters. The summed E-state index contributed by atoms with van der Waals surface area (Å²) in [6.07, 6.45) is 4.86. The third-order valence-corrected chi connectivity index (χ3v) is 3.99. The molecule has 25 heavy (non-hydrogen) atoms. The standard InChI is InChI=1S/C17H18F2N4O2/c18-13-5-1-6-14(19)15(13)22-17(24)23-9-2-4-12(10-23)11-25-16-20-7-3-8-21-16/h1,3,5-8,12H,2,4,9-11H2,(H,22,24). The molecule has 1 aliphatic heterocycles. The first-order valence-corrected chi connectivity index (χ1v) is 8.03. The number of urea groups is 1. The molecule has 0 bridgehead atoms. The molecule has 2 amide bonds. The first kappa shape index (κ1) is 17.1. The summed E-state index contributed by atoms with van der Waals surface area (Å²) in [6.45, 7) is 1.34. The predicted molar refractivity (Wildman–Crippen MR) is 87.2 cm³/mol. The number of aromatic nitrogens is 2. The van der Waals surface area contributed by atoms with Gasteiger partial charge in [-0.15, -0.1) is 0 Å².